The molecule has 1 N–H and O–H groups in total. The van der Waals surface area contributed by atoms with Crippen LogP contribution in [0.3, 0.4) is 0 Å². The van der Waals surface area contributed by atoms with Crippen molar-refractivity contribution in [2.75, 3.05) is 0 Å². The van der Waals surface area contributed by atoms with Crippen molar-refractivity contribution in [3.05, 3.63) is 35.4 Å². The van der Waals surface area contributed by atoms with Crippen molar-refractivity contribution in [2.45, 2.75) is 18.1 Å². The highest BCUT2D eigenvalue weighted by molar-refractivity contribution is 8.14. The molecule has 16 heavy (non-hydrogen) atoms. The highest BCUT2D eigenvalue weighted by Gasteiger charge is 2.44. The van der Waals surface area contributed by atoms with E-state index in [1.165, 1.54) is 11.1 Å². The van der Waals surface area contributed by atoms with Crippen LogP contribution in [-0.2, 0) is 6.42 Å². The van der Waals surface area contributed by atoms with Crippen molar-refractivity contribution >= 4 is 16.8 Å². The Morgan fingerprint density at radius 2 is 2.19 bits per heavy atom. The van der Waals surface area contributed by atoms with Gasteiger partial charge >= 0.3 is 0 Å². The Labute approximate surface area is 99.2 Å². The molecule has 1 aliphatic carbocycles. The lowest BCUT2D eigenvalue weighted by atomic mass is 9.78. The molecule has 1 fully saturated rings. The maximum atomic E-state index is 9.12. The van der Waals surface area contributed by atoms with Gasteiger partial charge in [-0.05, 0) is 29.9 Å². The molecule has 1 aromatic carbocycles. The molecule has 3 atom stereocenters. The van der Waals surface area contributed by atoms with Crippen LogP contribution in [0.2, 0.25) is 0 Å². The second kappa shape index (κ2) is 3.64. The van der Waals surface area contributed by atoms with E-state index in [1.807, 2.05) is 0 Å². The van der Waals surface area contributed by atoms with Crippen LogP contribution in [0, 0.1) is 28.6 Å². The van der Waals surface area contributed by atoms with E-state index >= 15 is 0 Å². The van der Waals surface area contributed by atoms with Gasteiger partial charge in [0.25, 0.3) is 0 Å². The van der Waals surface area contributed by atoms with E-state index in [0.29, 0.717) is 16.2 Å². The molecule has 1 unspecified atom stereocenters. The Morgan fingerprint density at radius 1 is 1.38 bits per heavy atom. The summed E-state index contributed by atoms with van der Waals surface area (Å²) < 4.78 is 0. The molecule has 2 aliphatic rings. The number of thioether (sulfide) groups is 1. The third-order valence-corrected chi connectivity index (χ3v) is 4.97. The van der Waals surface area contributed by atoms with Gasteiger partial charge in [-0.1, -0.05) is 24.3 Å². The van der Waals surface area contributed by atoms with E-state index in [2.05, 4.69) is 30.3 Å². The molecule has 0 aromatic heterocycles. The standard InChI is InChI=1S/C13H12N2S/c14-7-11-10-6-5-8-3-1-2-4-9(8)12(10)16-13(11)15/h1-4,10-12,15H,5-6H2/t10-,11?,12+/m1/s1. The van der Waals surface area contributed by atoms with Gasteiger partial charge in [-0.15, -0.1) is 11.8 Å². The number of benzene rings is 1. The maximum absolute atomic E-state index is 9.12. The minimum atomic E-state index is -0.164. The summed E-state index contributed by atoms with van der Waals surface area (Å²) in [6, 6.07) is 10.8. The molecular formula is C13H12N2S. The van der Waals surface area contributed by atoms with Gasteiger partial charge < -0.3 is 0 Å². The number of aryl methyl sites for hydroxylation is 1. The van der Waals surface area contributed by atoms with Gasteiger partial charge in [-0.2, -0.15) is 5.26 Å². The normalized spacial score (nSPS) is 31.7. The SMILES string of the molecule is N#CC1C(=N)S[C@H]2c3ccccc3CC[C@H]12. The zero-order valence-electron chi connectivity index (χ0n) is 8.81. The molecule has 0 spiro atoms. The first-order chi connectivity index (χ1) is 7.81. The number of rotatable bonds is 0. The van der Waals surface area contributed by atoms with Gasteiger partial charge in [-0.25, -0.2) is 0 Å². The number of nitrogens with one attached hydrogen (secondary N) is 1. The Morgan fingerprint density at radius 3 is 3.00 bits per heavy atom. The van der Waals surface area contributed by atoms with Crippen molar-refractivity contribution in [3.63, 3.8) is 0 Å². The topological polar surface area (TPSA) is 47.6 Å². The maximum Gasteiger partial charge on any atom is 0.0981 e. The lowest BCUT2D eigenvalue weighted by Gasteiger charge is -2.27. The first-order valence-electron chi connectivity index (χ1n) is 5.54. The van der Waals surface area contributed by atoms with Crippen molar-refractivity contribution in [3.8, 4) is 6.07 Å². The lowest BCUT2D eigenvalue weighted by molar-refractivity contribution is 0.426. The highest BCUT2D eigenvalue weighted by Crippen LogP contribution is 2.53. The fourth-order valence-corrected chi connectivity index (χ4v) is 4.27. The molecule has 1 saturated heterocycles. The molecule has 3 rings (SSSR count). The summed E-state index contributed by atoms with van der Waals surface area (Å²) in [4.78, 5) is 0. The fraction of sp³-hybridized carbons (Fsp3) is 0.385. The number of nitriles is 1. The molecule has 2 nitrogen and oxygen atoms in total. The van der Waals surface area contributed by atoms with E-state index in [1.54, 1.807) is 11.8 Å². The third kappa shape index (κ3) is 1.30. The summed E-state index contributed by atoms with van der Waals surface area (Å²) in [5, 5.41) is 17.9. The summed E-state index contributed by atoms with van der Waals surface area (Å²) in [5.74, 6) is 0.195. The van der Waals surface area contributed by atoms with E-state index in [-0.39, 0.29) is 5.92 Å². The van der Waals surface area contributed by atoms with Gasteiger partial charge in [-0.3, -0.25) is 5.41 Å². The number of fused-ring (bicyclic) bond motifs is 3. The lowest BCUT2D eigenvalue weighted by Crippen LogP contribution is -2.20. The van der Waals surface area contributed by atoms with Crippen LogP contribution in [-0.4, -0.2) is 5.04 Å². The largest absolute Gasteiger partial charge is 0.297 e. The minimum Gasteiger partial charge on any atom is -0.297 e. The predicted molar refractivity (Wildman–Crippen MR) is 65.4 cm³/mol. The van der Waals surface area contributed by atoms with E-state index in [0.717, 1.165) is 12.8 Å². The van der Waals surface area contributed by atoms with Crippen LogP contribution in [0.15, 0.2) is 24.3 Å². The monoisotopic (exact) mass is 228 g/mol. The quantitative estimate of drug-likeness (QED) is 0.741. The van der Waals surface area contributed by atoms with Crippen molar-refractivity contribution in [1.29, 1.82) is 10.7 Å². The van der Waals surface area contributed by atoms with Crippen molar-refractivity contribution in [2.24, 2.45) is 11.8 Å². The number of hydrogen-bond acceptors (Lipinski definition) is 3. The van der Waals surface area contributed by atoms with Gasteiger partial charge in [0.15, 0.2) is 0 Å². The summed E-state index contributed by atoms with van der Waals surface area (Å²) in [6.45, 7) is 0. The Balaban J connectivity index is 2.05. The van der Waals surface area contributed by atoms with Gasteiger partial charge in [0.2, 0.25) is 0 Å². The van der Waals surface area contributed by atoms with Crippen LogP contribution >= 0.6 is 11.8 Å². The molecule has 0 bridgehead atoms. The fourth-order valence-electron chi connectivity index (χ4n) is 2.79. The molecule has 0 radical (unpaired) electrons. The first-order valence-corrected chi connectivity index (χ1v) is 6.41. The van der Waals surface area contributed by atoms with E-state index < -0.39 is 0 Å². The van der Waals surface area contributed by atoms with Crippen LogP contribution < -0.4 is 0 Å². The smallest absolute Gasteiger partial charge is 0.0981 e. The Kier molecular flexibility index (Phi) is 2.26. The van der Waals surface area contributed by atoms with Crippen LogP contribution in [0.25, 0.3) is 0 Å². The first kappa shape index (κ1) is 9.92. The molecule has 0 saturated carbocycles. The molecule has 3 heteroatoms. The molecule has 1 aliphatic heterocycles. The van der Waals surface area contributed by atoms with Crippen LogP contribution in [0.1, 0.15) is 22.8 Å². The average Bonchev–Trinajstić information content (AvgIpc) is 2.65. The minimum absolute atomic E-state index is 0.164. The summed E-state index contributed by atoms with van der Waals surface area (Å²) in [5.41, 5.74) is 2.76. The van der Waals surface area contributed by atoms with Gasteiger partial charge in [0.05, 0.1) is 17.0 Å². The second-order valence-corrected chi connectivity index (χ2v) is 5.59. The van der Waals surface area contributed by atoms with Crippen molar-refractivity contribution < 1.29 is 0 Å². The predicted octanol–water partition coefficient (Wildman–Crippen LogP) is 3.15. The van der Waals surface area contributed by atoms with Crippen molar-refractivity contribution in [1.82, 2.24) is 0 Å². The Bertz CT molecular complexity index is 489. The number of nitrogens with zero attached hydrogens (tertiary/aromatic N) is 1. The van der Waals surface area contributed by atoms with E-state index in [9.17, 15) is 0 Å². The highest BCUT2D eigenvalue weighted by atomic mass is 32.2. The number of hydrogen-bond donors (Lipinski definition) is 1. The second-order valence-electron chi connectivity index (χ2n) is 4.41. The van der Waals surface area contributed by atoms with Gasteiger partial charge in [0.1, 0.15) is 0 Å². The average molecular weight is 228 g/mol. The zero-order valence-corrected chi connectivity index (χ0v) is 9.63. The van der Waals surface area contributed by atoms with E-state index in [4.69, 9.17) is 10.7 Å². The summed E-state index contributed by atoms with van der Waals surface area (Å²) in [6.07, 6.45) is 2.11. The Hall–Kier alpha value is -1.27. The molecule has 1 heterocycles. The molecule has 0 amide bonds. The molecular weight excluding hydrogens is 216 g/mol. The molecule has 1 aromatic rings. The summed E-state index contributed by atoms with van der Waals surface area (Å²) >= 11 is 1.59. The van der Waals surface area contributed by atoms with Gasteiger partial charge in [0, 0.05) is 5.25 Å². The zero-order chi connectivity index (χ0) is 11.1. The van der Waals surface area contributed by atoms with Crippen LogP contribution in [0.5, 0.6) is 0 Å². The molecule has 80 valence electrons. The third-order valence-electron chi connectivity index (χ3n) is 3.60. The van der Waals surface area contributed by atoms with Crippen LogP contribution in [0.4, 0.5) is 0 Å². The summed E-state index contributed by atoms with van der Waals surface area (Å²) in [7, 11) is 0.